The first-order valence-corrected chi connectivity index (χ1v) is 5.43. The van der Waals surface area contributed by atoms with E-state index in [4.69, 9.17) is 4.74 Å². The molecule has 1 aliphatic rings. The van der Waals surface area contributed by atoms with Crippen molar-refractivity contribution in [3.8, 4) is 0 Å². The average Bonchev–Trinajstić information content (AvgIpc) is 2.83. The zero-order chi connectivity index (χ0) is 11.2. The first-order valence-electron chi connectivity index (χ1n) is 5.43. The number of aromatic nitrogens is 2. The van der Waals surface area contributed by atoms with Crippen LogP contribution in [0.25, 0.3) is 0 Å². The fraction of sp³-hybridized carbons (Fsp3) is 0.600. The van der Waals surface area contributed by atoms with Crippen LogP contribution < -0.4 is 10.6 Å². The van der Waals surface area contributed by atoms with Gasteiger partial charge in [-0.15, -0.1) is 0 Å². The lowest BCUT2D eigenvalue weighted by atomic mass is 10.2. The maximum Gasteiger partial charge on any atom is 0.239 e. The number of imidazole rings is 1. The minimum atomic E-state index is -0.217. The summed E-state index contributed by atoms with van der Waals surface area (Å²) in [5.41, 5.74) is 0. The van der Waals surface area contributed by atoms with Crippen LogP contribution >= 0.6 is 0 Å². The Morgan fingerprint density at radius 1 is 1.69 bits per heavy atom. The van der Waals surface area contributed by atoms with Gasteiger partial charge < -0.3 is 20.4 Å². The van der Waals surface area contributed by atoms with Crippen molar-refractivity contribution in [2.75, 3.05) is 26.3 Å². The molecule has 16 heavy (non-hydrogen) atoms. The number of morpholine rings is 1. The summed E-state index contributed by atoms with van der Waals surface area (Å²) in [4.78, 5) is 18.7. The Morgan fingerprint density at radius 3 is 3.31 bits per heavy atom. The Morgan fingerprint density at radius 2 is 2.62 bits per heavy atom. The van der Waals surface area contributed by atoms with Gasteiger partial charge in [-0.25, -0.2) is 4.98 Å². The smallest absolute Gasteiger partial charge is 0.239 e. The lowest BCUT2D eigenvalue weighted by Crippen LogP contribution is -2.51. The molecule has 88 valence electrons. The molecule has 0 aromatic carbocycles. The van der Waals surface area contributed by atoms with E-state index in [0.29, 0.717) is 26.2 Å². The number of amides is 1. The van der Waals surface area contributed by atoms with E-state index in [2.05, 4.69) is 20.6 Å². The van der Waals surface area contributed by atoms with Gasteiger partial charge in [0.15, 0.2) is 0 Å². The second-order valence-electron chi connectivity index (χ2n) is 3.66. The predicted octanol–water partition coefficient (Wildman–Crippen LogP) is -0.943. The molecule has 0 bridgehead atoms. The van der Waals surface area contributed by atoms with Crippen LogP contribution in [0.2, 0.25) is 0 Å². The number of aromatic amines is 1. The molecule has 3 N–H and O–H groups in total. The lowest BCUT2D eigenvalue weighted by Gasteiger charge is -2.22. The Kier molecular flexibility index (Phi) is 3.90. The number of carbonyl (C=O) groups excluding carboxylic acids is 1. The number of H-pyrrole nitrogens is 1. The van der Waals surface area contributed by atoms with Crippen molar-refractivity contribution >= 4 is 5.91 Å². The summed E-state index contributed by atoms with van der Waals surface area (Å²) in [5.74, 6) is 0.874. The van der Waals surface area contributed by atoms with Crippen molar-refractivity contribution in [2.45, 2.75) is 12.5 Å². The predicted molar refractivity (Wildman–Crippen MR) is 57.9 cm³/mol. The van der Waals surface area contributed by atoms with Gasteiger partial charge in [0.2, 0.25) is 5.91 Å². The van der Waals surface area contributed by atoms with Crippen molar-refractivity contribution < 1.29 is 9.53 Å². The molecule has 2 heterocycles. The van der Waals surface area contributed by atoms with Gasteiger partial charge in [0, 0.05) is 31.9 Å². The highest BCUT2D eigenvalue weighted by molar-refractivity contribution is 5.81. The van der Waals surface area contributed by atoms with E-state index in [1.54, 1.807) is 12.4 Å². The van der Waals surface area contributed by atoms with Crippen LogP contribution in [0.1, 0.15) is 5.82 Å². The molecule has 1 unspecified atom stereocenters. The largest absolute Gasteiger partial charge is 0.378 e. The molecule has 1 aromatic heterocycles. The number of nitrogens with zero attached hydrogens (tertiary/aromatic N) is 1. The average molecular weight is 224 g/mol. The van der Waals surface area contributed by atoms with Crippen LogP contribution in [-0.4, -0.2) is 48.2 Å². The van der Waals surface area contributed by atoms with Crippen molar-refractivity contribution in [1.82, 2.24) is 20.6 Å². The van der Waals surface area contributed by atoms with E-state index in [1.807, 2.05) is 0 Å². The number of hydrogen-bond donors (Lipinski definition) is 3. The molecule has 0 spiro atoms. The maximum atomic E-state index is 11.6. The molecule has 0 radical (unpaired) electrons. The van der Waals surface area contributed by atoms with Gasteiger partial charge in [-0.1, -0.05) is 0 Å². The molecule has 1 fully saturated rings. The highest BCUT2D eigenvalue weighted by atomic mass is 16.5. The fourth-order valence-corrected chi connectivity index (χ4v) is 1.60. The SMILES string of the molecule is O=C(NCCc1ncc[nH]1)C1COCCN1. The molecule has 1 aliphatic heterocycles. The van der Waals surface area contributed by atoms with Crippen LogP contribution in [0.15, 0.2) is 12.4 Å². The number of hydrogen-bond acceptors (Lipinski definition) is 4. The van der Waals surface area contributed by atoms with Gasteiger partial charge >= 0.3 is 0 Å². The number of nitrogens with one attached hydrogen (secondary N) is 3. The van der Waals surface area contributed by atoms with E-state index in [0.717, 1.165) is 12.4 Å². The van der Waals surface area contributed by atoms with E-state index < -0.39 is 0 Å². The topological polar surface area (TPSA) is 79.0 Å². The molecule has 6 heteroatoms. The van der Waals surface area contributed by atoms with Gasteiger partial charge in [-0.2, -0.15) is 0 Å². The summed E-state index contributed by atoms with van der Waals surface area (Å²) in [6, 6.07) is -0.217. The molecule has 2 rings (SSSR count). The zero-order valence-electron chi connectivity index (χ0n) is 9.03. The third-order valence-electron chi connectivity index (χ3n) is 2.45. The molecule has 6 nitrogen and oxygen atoms in total. The molecule has 0 aliphatic carbocycles. The monoisotopic (exact) mass is 224 g/mol. The van der Waals surface area contributed by atoms with E-state index >= 15 is 0 Å². The molecule has 1 aromatic rings. The van der Waals surface area contributed by atoms with Crippen LogP contribution in [0.3, 0.4) is 0 Å². The van der Waals surface area contributed by atoms with E-state index in [9.17, 15) is 4.79 Å². The normalized spacial score (nSPS) is 20.6. The minimum absolute atomic E-state index is 0.00810. The maximum absolute atomic E-state index is 11.6. The van der Waals surface area contributed by atoms with Gasteiger partial charge in [0.1, 0.15) is 11.9 Å². The third kappa shape index (κ3) is 3.04. The molecule has 1 amide bonds. The van der Waals surface area contributed by atoms with Gasteiger partial charge in [-0.05, 0) is 0 Å². The fourth-order valence-electron chi connectivity index (χ4n) is 1.60. The highest BCUT2D eigenvalue weighted by Crippen LogP contribution is 1.93. The lowest BCUT2D eigenvalue weighted by molar-refractivity contribution is -0.125. The quantitative estimate of drug-likeness (QED) is 0.616. The Bertz CT molecular complexity index is 320. The van der Waals surface area contributed by atoms with Crippen molar-refractivity contribution in [2.24, 2.45) is 0 Å². The van der Waals surface area contributed by atoms with Crippen LogP contribution in [0, 0.1) is 0 Å². The van der Waals surface area contributed by atoms with Crippen molar-refractivity contribution in [3.63, 3.8) is 0 Å². The molecule has 1 saturated heterocycles. The van der Waals surface area contributed by atoms with Crippen LogP contribution in [-0.2, 0) is 16.0 Å². The Labute approximate surface area is 93.8 Å². The first-order chi connectivity index (χ1) is 7.86. The van der Waals surface area contributed by atoms with Crippen molar-refractivity contribution in [1.29, 1.82) is 0 Å². The second-order valence-corrected chi connectivity index (χ2v) is 3.66. The molecular formula is C10H16N4O2. The van der Waals surface area contributed by atoms with Gasteiger partial charge in [-0.3, -0.25) is 4.79 Å². The van der Waals surface area contributed by atoms with Gasteiger partial charge in [0.25, 0.3) is 0 Å². The van der Waals surface area contributed by atoms with Crippen LogP contribution in [0.4, 0.5) is 0 Å². The first kappa shape index (κ1) is 11.1. The second kappa shape index (κ2) is 5.62. The number of rotatable bonds is 4. The summed E-state index contributed by atoms with van der Waals surface area (Å²) in [6.45, 7) is 2.45. The molecule has 1 atom stereocenters. The summed E-state index contributed by atoms with van der Waals surface area (Å²) >= 11 is 0. The highest BCUT2D eigenvalue weighted by Gasteiger charge is 2.20. The van der Waals surface area contributed by atoms with E-state index in [1.165, 1.54) is 0 Å². The standard InChI is InChI=1S/C10H16N4O2/c15-10(8-7-16-6-5-11-8)14-2-1-9-12-3-4-13-9/h3-4,8,11H,1-2,5-7H2,(H,12,13)(H,14,15). The number of carbonyl (C=O) groups is 1. The van der Waals surface area contributed by atoms with Gasteiger partial charge in [0.05, 0.1) is 13.2 Å². The molecule has 0 saturated carbocycles. The van der Waals surface area contributed by atoms with Crippen LogP contribution in [0.5, 0.6) is 0 Å². The minimum Gasteiger partial charge on any atom is -0.378 e. The molecular weight excluding hydrogens is 208 g/mol. The summed E-state index contributed by atoms with van der Waals surface area (Å²) in [7, 11) is 0. The van der Waals surface area contributed by atoms with Crippen molar-refractivity contribution in [3.05, 3.63) is 18.2 Å². The number of ether oxygens (including phenoxy) is 1. The summed E-state index contributed by atoms with van der Waals surface area (Å²) in [6.07, 6.45) is 4.19. The van der Waals surface area contributed by atoms with E-state index in [-0.39, 0.29) is 11.9 Å². The third-order valence-corrected chi connectivity index (χ3v) is 2.45. The Hall–Kier alpha value is -1.40. The zero-order valence-corrected chi connectivity index (χ0v) is 9.03. The summed E-state index contributed by atoms with van der Waals surface area (Å²) in [5, 5.41) is 5.95. The summed E-state index contributed by atoms with van der Waals surface area (Å²) < 4.78 is 5.21. The Balaban J connectivity index is 1.67.